The van der Waals surface area contributed by atoms with E-state index in [9.17, 15) is 0 Å². The quantitative estimate of drug-likeness (QED) is 0.556. The first-order chi connectivity index (χ1) is 5.83. The number of hydrogen-bond donors (Lipinski definition) is 0. The van der Waals surface area contributed by atoms with Crippen molar-refractivity contribution in [3.8, 4) is 0 Å². The fourth-order valence-corrected chi connectivity index (χ4v) is 2.81. The highest BCUT2D eigenvalue weighted by Crippen LogP contribution is 2.07. The third-order valence-electron chi connectivity index (χ3n) is 1.97. The van der Waals surface area contributed by atoms with E-state index in [4.69, 9.17) is 0 Å². The largest absolute Gasteiger partial charge is 0.468 e. The minimum Gasteiger partial charge on any atom is -0.307 e. The summed E-state index contributed by atoms with van der Waals surface area (Å²) in [5, 5.41) is 0. The zero-order valence-corrected chi connectivity index (χ0v) is 10.5. The smallest absolute Gasteiger partial charge is 0.307 e. The number of aryl methyl sites for hydroxylation is 2. The van der Waals surface area contributed by atoms with Crippen molar-refractivity contribution < 1.29 is 0 Å². The van der Waals surface area contributed by atoms with Crippen LogP contribution in [-0.4, -0.2) is 18.2 Å². The Labute approximate surface area is 90.3 Å². The second kappa shape index (κ2) is 6.00. The molecule has 62 valence electrons. The predicted molar refractivity (Wildman–Crippen MR) is 59.0 cm³/mol. The highest BCUT2D eigenvalue weighted by Gasteiger charge is 1.93. The van der Waals surface area contributed by atoms with Crippen LogP contribution >= 0.6 is 12.9 Å². The van der Waals surface area contributed by atoms with Gasteiger partial charge in [-0.1, -0.05) is 36.2 Å². The van der Waals surface area contributed by atoms with Crippen LogP contribution in [-0.2, 0) is 6.42 Å². The molecule has 0 heterocycles. The molecule has 0 saturated heterocycles. The number of hydrogen-bond acceptors (Lipinski definition) is 0. The van der Waals surface area contributed by atoms with Gasteiger partial charge in [-0.15, -0.1) is 4.55 Å². The Morgan fingerprint density at radius 2 is 1.92 bits per heavy atom. The monoisotopic (exact) mass is 236 g/mol. The molecule has 0 aliphatic carbocycles. The average Bonchev–Trinajstić information content (AvgIpc) is 2.09. The van der Waals surface area contributed by atoms with Gasteiger partial charge in [-0.3, -0.25) is 0 Å². The van der Waals surface area contributed by atoms with Gasteiger partial charge in [0.15, 0.2) is 0 Å². The molecule has 0 saturated carbocycles. The number of rotatable bonds is 4. The Balaban J connectivity index is 2.37. The molecular weight excluding hydrogens is 224 g/mol. The van der Waals surface area contributed by atoms with Crippen LogP contribution in [0.3, 0.4) is 0 Å². The molecule has 0 bridgehead atoms. The summed E-state index contributed by atoms with van der Waals surface area (Å²) >= 11 is 3.68. The van der Waals surface area contributed by atoms with Gasteiger partial charge < -0.3 is 12.9 Å². The predicted octanol–water partition coefficient (Wildman–Crippen LogP) is 3.36. The molecule has 0 unspecified atom stereocenters. The molecule has 1 aromatic rings. The van der Waals surface area contributed by atoms with Crippen molar-refractivity contribution in [1.29, 1.82) is 0 Å². The summed E-state index contributed by atoms with van der Waals surface area (Å²) in [6.07, 6.45) is 2.60. The molecular formula is C10H13BrMg. The summed E-state index contributed by atoms with van der Waals surface area (Å²) in [6.45, 7) is 2.13. The number of halogens is 1. The minimum atomic E-state index is 0.103. The lowest BCUT2D eigenvalue weighted by atomic mass is 10.1. The molecule has 0 spiro atoms. The second-order valence-corrected chi connectivity index (χ2v) is 6.60. The lowest BCUT2D eigenvalue weighted by molar-refractivity contribution is 0.918. The van der Waals surface area contributed by atoms with Gasteiger partial charge in [0.25, 0.3) is 0 Å². The zero-order valence-electron chi connectivity index (χ0n) is 7.52. The van der Waals surface area contributed by atoms with Crippen molar-refractivity contribution in [2.75, 3.05) is 0 Å². The van der Waals surface area contributed by atoms with Crippen molar-refractivity contribution in [3.63, 3.8) is 0 Å². The summed E-state index contributed by atoms with van der Waals surface area (Å²) in [5.74, 6) is 0. The third-order valence-corrected chi connectivity index (χ3v) is 4.42. The van der Waals surface area contributed by atoms with Crippen molar-refractivity contribution in [2.45, 2.75) is 24.3 Å². The lowest BCUT2D eigenvalue weighted by Gasteiger charge is -1.99. The third kappa shape index (κ3) is 3.92. The molecule has 0 N–H and O–H groups in total. The summed E-state index contributed by atoms with van der Waals surface area (Å²) < 4.78 is 1.41. The molecule has 0 aromatic heterocycles. The van der Waals surface area contributed by atoms with Crippen LogP contribution in [0.25, 0.3) is 0 Å². The van der Waals surface area contributed by atoms with Crippen LogP contribution in [0.4, 0.5) is 0 Å². The average molecular weight is 237 g/mol. The van der Waals surface area contributed by atoms with Crippen LogP contribution in [0.15, 0.2) is 24.3 Å². The van der Waals surface area contributed by atoms with E-state index in [0.717, 1.165) is 0 Å². The summed E-state index contributed by atoms with van der Waals surface area (Å²) in [7, 11) is 0. The maximum absolute atomic E-state index is 3.57. The van der Waals surface area contributed by atoms with E-state index in [1.807, 2.05) is 0 Å². The van der Waals surface area contributed by atoms with E-state index in [1.54, 1.807) is 0 Å². The highest BCUT2D eigenvalue weighted by molar-refractivity contribution is 9.23. The second-order valence-electron chi connectivity index (χ2n) is 3.13. The summed E-state index contributed by atoms with van der Waals surface area (Å²) in [5.41, 5.74) is 2.84. The topological polar surface area (TPSA) is 0 Å². The van der Waals surface area contributed by atoms with E-state index < -0.39 is 0 Å². The fraction of sp³-hybridized carbons (Fsp3) is 0.400. The Kier molecular flexibility index (Phi) is 5.27. The van der Waals surface area contributed by atoms with Crippen molar-refractivity contribution >= 4 is 31.1 Å². The Bertz CT molecular complexity index is 218. The van der Waals surface area contributed by atoms with E-state index in [1.165, 1.54) is 28.5 Å². The first-order valence-electron chi connectivity index (χ1n) is 4.44. The van der Waals surface area contributed by atoms with Crippen LogP contribution < -0.4 is 0 Å². The minimum absolute atomic E-state index is 0.103. The Morgan fingerprint density at radius 1 is 1.25 bits per heavy atom. The van der Waals surface area contributed by atoms with E-state index in [2.05, 4.69) is 44.1 Å². The van der Waals surface area contributed by atoms with Crippen LogP contribution in [0.1, 0.15) is 17.5 Å². The maximum Gasteiger partial charge on any atom is 0.468 e. The molecule has 2 heteroatoms. The van der Waals surface area contributed by atoms with Crippen LogP contribution in [0, 0.1) is 6.92 Å². The van der Waals surface area contributed by atoms with Gasteiger partial charge in [0.05, 0.1) is 0 Å². The zero-order chi connectivity index (χ0) is 8.81. The van der Waals surface area contributed by atoms with Gasteiger partial charge in [0.1, 0.15) is 0 Å². The molecule has 0 atom stereocenters. The highest BCUT2D eigenvalue weighted by atomic mass is 79.9. The molecule has 0 radical (unpaired) electrons. The number of benzene rings is 1. The van der Waals surface area contributed by atoms with Crippen LogP contribution in [0.2, 0.25) is 4.55 Å². The van der Waals surface area contributed by atoms with Gasteiger partial charge in [0, 0.05) is 0 Å². The molecule has 1 rings (SSSR count). The van der Waals surface area contributed by atoms with Gasteiger partial charge in [-0.2, -0.15) is 0 Å². The van der Waals surface area contributed by atoms with E-state index in [0.29, 0.717) is 0 Å². The summed E-state index contributed by atoms with van der Waals surface area (Å²) in [4.78, 5) is 0. The van der Waals surface area contributed by atoms with Crippen molar-refractivity contribution in [3.05, 3.63) is 35.4 Å². The first-order valence-corrected chi connectivity index (χ1v) is 9.34. The molecule has 0 fully saturated rings. The summed E-state index contributed by atoms with van der Waals surface area (Å²) in [6, 6.07) is 8.87. The molecule has 0 aliphatic heterocycles. The molecule has 1 aromatic carbocycles. The van der Waals surface area contributed by atoms with E-state index in [-0.39, 0.29) is 18.2 Å². The van der Waals surface area contributed by atoms with Gasteiger partial charge in [-0.05, 0) is 18.9 Å². The SMILES string of the molecule is Cc1ccc(CC[CH2][Mg][Br])cc1. The normalized spacial score (nSPS) is 9.50. The van der Waals surface area contributed by atoms with E-state index >= 15 is 0 Å². The lowest BCUT2D eigenvalue weighted by Crippen LogP contribution is -1.86. The molecule has 0 nitrogen and oxygen atoms in total. The molecule has 0 amide bonds. The maximum atomic E-state index is 3.57. The van der Waals surface area contributed by atoms with Gasteiger partial charge >= 0.3 is 18.2 Å². The Morgan fingerprint density at radius 3 is 2.50 bits per heavy atom. The van der Waals surface area contributed by atoms with Gasteiger partial charge in [-0.25, -0.2) is 0 Å². The van der Waals surface area contributed by atoms with Gasteiger partial charge in [0.2, 0.25) is 0 Å². The first kappa shape index (κ1) is 10.5. The molecule has 0 aliphatic rings. The van der Waals surface area contributed by atoms with Crippen molar-refractivity contribution in [1.82, 2.24) is 0 Å². The fourth-order valence-electron chi connectivity index (χ4n) is 1.18. The Hall–Kier alpha value is 0.466. The standard InChI is InChI=1S/C10H13.BrH.Mg/c1-3-4-10-7-5-9(2)6-8-10;;/h5-8H,1,3-4H2,2H3;1H;/q;;+1/p-1. The molecule has 12 heavy (non-hydrogen) atoms. The van der Waals surface area contributed by atoms with Crippen LogP contribution in [0.5, 0.6) is 0 Å². The van der Waals surface area contributed by atoms with Crippen molar-refractivity contribution in [2.24, 2.45) is 0 Å².